The van der Waals surface area contributed by atoms with Crippen LogP contribution >= 0.6 is 0 Å². The first-order chi connectivity index (χ1) is 5.61. The molecule has 1 heterocycles. The van der Waals surface area contributed by atoms with Crippen LogP contribution in [0, 0.1) is 0 Å². The van der Waals surface area contributed by atoms with Gasteiger partial charge in [-0.2, -0.15) is 0 Å². The van der Waals surface area contributed by atoms with Gasteiger partial charge in [-0.25, -0.2) is 18.2 Å². The van der Waals surface area contributed by atoms with Gasteiger partial charge in [0.25, 0.3) is 6.43 Å². The molecule has 0 amide bonds. The second-order valence-corrected chi connectivity index (χ2v) is 2.25. The second-order valence-electron chi connectivity index (χ2n) is 2.25. The van der Waals surface area contributed by atoms with Gasteiger partial charge in [-0.3, -0.25) is 0 Å². The third-order valence-electron chi connectivity index (χ3n) is 1.35. The van der Waals surface area contributed by atoms with Crippen LogP contribution in [0.3, 0.4) is 0 Å². The van der Waals surface area contributed by atoms with Crippen LogP contribution in [0.25, 0.3) is 0 Å². The van der Waals surface area contributed by atoms with Crippen molar-refractivity contribution in [2.75, 3.05) is 5.73 Å². The number of nitrogens with zero attached hydrogens (tertiary/aromatic N) is 1. The van der Waals surface area contributed by atoms with Gasteiger partial charge in [0, 0.05) is 11.8 Å². The van der Waals surface area contributed by atoms with E-state index >= 15 is 0 Å². The second kappa shape index (κ2) is 3.42. The van der Waals surface area contributed by atoms with Gasteiger partial charge in [-0.15, -0.1) is 0 Å². The van der Waals surface area contributed by atoms with Gasteiger partial charge in [0.05, 0.1) is 0 Å². The van der Waals surface area contributed by atoms with E-state index < -0.39 is 12.6 Å². The Morgan fingerprint density at radius 1 is 1.25 bits per heavy atom. The molecule has 0 radical (unpaired) electrons. The number of halogens is 3. The van der Waals surface area contributed by atoms with Crippen LogP contribution in [0.2, 0.25) is 0 Å². The zero-order chi connectivity index (χ0) is 9.14. The van der Waals surface area contributed by atoms with Crippen molar-refractivity contribution in [3.63, 3.8) is 0 Å². The quantitative estimate of drug-likeness (QED) is 0.747. The molecular formula is C7H7F3N2. The fraction of sp³-hybridized carbons (Fsp3) is 0.286. The lowest BCUT2D eigenvalue weighted by Gasteiger charge is -2.05. The zero-order valence-electron chi connectivity index (χ0n) is 6.05. The molecule has 2 nitrogen and oxygen atoms in total. The van der Waals surface area contributed by atoms with Gasteiger partial charge >= 0.3 is 0 Å². The number of aromatic nitrogens is 1. The standard InChI is InChI=1S/C7H7F3N2/c8-6(7(9)10)4-1-2-5(11)12-3-4/h1-3,6-7H,(H2,11,12). The summed E-state index contributed by atoms with van der Waals surface area (Å²) in [5, 5.41) is 0. The Kier molecular flexibility index (Phi) is 2.52. The van der Waals surface area contributed by atoms with Crippen LogP contribution in [0.5, 0.6) is 0 Å². The Labute approximate surface area is 67.2 Å². The predicted octanol–water partition coefficient (Wildman–Crippen LogP) is 1.94. The summed E-state index contributed by atoms with van der Waals surface area (Å²) in [6.07, 6.45) is -4.29. The van der Waals surface area contributed by atoms with Crippen LogP contribution in [0.15, 0.2) is 18.3 Å². The molecule has 0 aliphatic rings. The Morgan fingerprint density at radius 3 is 2.33 bits per heavy atom. The lowest BCUT2D eigenvalue weighted by molar-refractivity contribution is 0.0494. The predicted molar refractivity (Wildman–Crippen MR) is 38.5 cm³/mol. The molecule has 0 aromatic carbocycles. The Morgan fingerprint density at radius 2 is 1.92 bits per heavy atom. The van der Waals surface area contributed by atoms with Crippen molar-refractivity contribution in [3.05, 3.63) is 23.9 Å². The molecule has 0 saturated carbocycles. The van der Waals surface area contributed by atoms with Gasteiger partial charge < -0.3 is 5.73 Å². The molecule has 2 N–H and O–H groups in total. The van der Waals surface area contributed by atoms with E-state index in [0.717, 1.165) is 6.20 Å². The molecule has 1 unspecified atom stereocenters. The molecule has 1 atom stereocenters. The van der Waals surface area contributed by atoms with Crippen LogP contribution in [-0.2, 0) is 0 Å². The average molecular weight is 176 g/mol. The first kappa shape index (κ1) is 8.83. The minimum absolute atomic E-state index is 0.154. The van der Waals surface area contributed by atoms with Gasteiger partial charge in [0.15, 0.2) is 6.17 Å². The van der Waals surface area contributed by atoms with Crippen molar-refractivity contribution in [1.29, 1.82) is 0 Å². The Hall–Kier alpha value is -1.26. The van der Waals surface area contributed by atoms with Crippen molar-refractivity contribution < 1.29 is 13.2 Å². The first-order valence-corrected chi connectivity index (χ1v) is 3.25. The highest BCUT2D eigenvalue weighted by Crippen LogP contribution is 2.23. The highest BCUT2D eigenvalue weighted by molar-refractivity contribution is 5.30. The molecule has 0 saturated heterocycles. The summed E-state index contributed by atoms with van der Waals surface area (Å²) in [7, 11) is 0. The topological polar surface area (TPSA) is 38.9 Å². The van der Waals surface area contributed by atoms with E-state index in [1.165, 1.54) is 12.1 Å². The molecule has 12 heavy (non-hydrogen) atoms. The maximum atomic E-state index is 12.6. The van der Waals surface area contributed by atoms with Crippen LogP contribution in [0.1, 0.15) is 11.7 Å². The Balaban J connectivity index is 2.82. The molecule has 5 heteroatoms. The lowest BCUT2D eigenvalue weighted by Crippen LogP contribution is -2.03. The number of pyridine rings is 1. The smallest absolute Gasteiger partial charge is 0.273 e. The fourth-order valence-electron chi connectivity index (χ4n) is 0.725. The maximum absolute atomic E-state index is 12.6. The number of rotatable bonds is 2. The van der Waals surface area contributed by atoms with E-state index in [1.807, 2.05) is 0 Å². The highest BCUT2D eigenvalue weighted by atomic mass is 19.3. The monoisotopic (exact) mass is 176 g/mol. The number of hydrogen-bond donors (Lipinski definition) is 1. The van der Waals surface area contributed by atoms with E-state index in [2.05, 4.69) is 4.98 Å². The molecule has 0 bridgehead atoms. The number of anilines is 1. The van der Waals surface area contributed by atoms with Gasteiger partial charge in [0.1, 0.15) is 5.82 Å². The van der Waals surface area contributed by atoms with E-state index in [1.54, 1.807) is 0 Å². The molecule has 0 spiro atoms. The number of nitrogens with two attached hydrogens (primary N) is 1. The van der Waals surface area contributed by atoms with E-state index in [-0.39, 0.29) is 11.4 Å². The molecule has 1 aromatic heterocycles. The van der Waals surface area contributed by atoms with Crippen molar-refractivity contribution >= 4 is 5.82 Å². The SMILES string of the molecule is Nc1ccc(C(F)C(F)F)cn1. The van der Waals surface area contributed by atoms with E-state index in [0.29, 0.717) is 0 Å². The first-order valence-electron chi connectivity index (χ1n) is 3.25. The summed E-state index contributed by atoms with van der Waals surface area (Å²) < 4.78 is 36.1. The van der Waals surface area contributed by atoms with Crippen LogP contribution < -0.4 is 5.73 Å². The van der Waals surface area contributed by atoms with Crippen LogP contribution in [0.4, 0.5) is 19.0 Å². The molecule has 1 rings (SSSR count). The zero-order valence-corrected chi connectivity index (χ0v) is 6.05. The van der Waals surface area contributed by atoms with Gasteiger partial charge in [-0.05, 0) is 6.07 Å². The third kappa shape index (κ3) is 1.87. The summed E-state index contributed by atoms with van der Waals surface area (Å²) >= 11 is 0. The molecule has 0 aliphatic heterocycles. The number of hydrogen-bond acceptors (Lipinski definition) is 2. The normalized spacial score (nSPS) is 13.3. The lowest BCUT2D eigenvalue weighted by atomic mass is 10.2. The summed E-state index contributed by atoms with van der Waals surface area (Å²) in [6.45, 7) is 0. The maximum Gasteiger partial charge on any atom is 0.273 e. The molecule has 66 valence electrons. The third-order valence-corrected chi connectivity index (χ3v) is 1.35. The summed E-state index contributed by atoms with van der Waals surface area (Å²) in [6, 6.07) is 2.48. The number of alkyl halides is 3. The minimum atomic E-state index is -3.02. The average Bonchev–Trinajstić information content (AvgIpc) is 2.04. The Bertz CT molecular complexity index is 247. The van der Waals surface area contributed by atoms with Gasteiger partial charge in [0.2, 0.25) is 0 Å². The van der Waals surface area contributed by atoms with Crippen molar-refractivity contribution in [3.8, 4) is 0 Å². The van der Waals surface area contributed by atoms with Crippen LogP contribution in [-0.4, -0.2) is 11.4 Å². The van der Waals surface area contributed by atoms with E-state index in [4.69, 9.17) is 5.73 Å². The summed E-state index contributed by atoms with van der Waals surface area (Å²) in [5.74, 6) is 0.181. The van der Waals surface area contributed by atoms with Crippen molar-refractivity contribution in [1.82, 2.24) is 4.98 Å². The van der Waals surface area contributed by atoms with Crippen molar-refractivity contribution in [2.45, 2.75) is 12.6 Å². The van der Waals surface area contributed by atoms with E-state index in [9.17, 15) is 13.2 Å². The minimum Gasteiger partial charge on any atom is -0.384 e. The molecule has 0 fully saturated rings. The fourth-order valence-corrected chi connectivity index (χ4v) is 0.725. The van der Waals surface area contributed by atoms with Gasteiger partial charge in [-0.1, -0.05) is 6.07 Å². The largest absolute Gasteiger partial charge is 0.384 e. The molecule has 0 aliphatic carbocycles. The number of nitrogen functional groups attached to an aromatic ring is 1. The molecular weight excluding hydrogens is 169 g/mol. The summed E-state index contributed by atoms with van der Waals surface area (Å²) in [4.78, 5) is 3.49. The highest BCUT2D eigenvalue weighted by Gasteiger charge is 2.21. The molecule has 1 aromatic rings. The van der Waals surface area contributed by atoms with Crippen molar-refractivity contribution in [2.24, 2.45) is 0 Å². The summed E-state index contributed by atoms with van der Waals surface area (Å²) in [5.41, 5.74) is 5.03.